The van der Waals surface area contributed by atoms with Crippen LogP contribution in [0.25, 0.3) is 0 Å². The average molecular weight is 307 g/mol. The molecular formula is C18H29NO3. The molecule has 0 heterocycles. The summed E-state index contributed by atoms with van der Waals surface area (Å²) in [4.78, 5) is 12.0. The van der Waals surface area contributed by atoms with Crippen LogP contribution in [0.5, 0.6) is 5.75 Å². The molecule has 0 saturated heterocycles. The predicted octanol–water partition coefficient (Wildman–Crippen LogP) is 4.32. The number of hydrogen-bond donors (Lipinski definition) is 1. The fourth-order valence-corrected chi connectivity index (χ4v) is 2.23. The SMILES string of the molecule is CCCC[C@@H](Cc1cccc(OC)c1)NC(=O)OC(C)(C)C. The molecule has 1 rings (SSSR count). The van der Waals surface area contributed by atoms with Crippen molar-refractivity contribution in [2.45, 2.75) is 65.0 Å². The fraction of sp³-hybridized carbons (Fsp3) is 0.611. The minimum atomic E-state index is -0.477. The second-order valence-corrected chi connectivity index (χ2v) is 6.54. The lowest BCUT2D eigenvalue weighted by atomic mass is 10.0. The van der Waals surface area contributed by atoms with Crippen molar-refractivity contribution in [3.8, 4) is 5.75 Å². The molecule has 0 unspecified atom stereocenters. The summed E-state index contributed by atoms with van der Waals surface area (Å²) in [6, 6.07) is 8.03. The van der Waals surface area contributed by atoms with E-state index in [1.165, 1.54) is 0 Å². The Balaban J connectivity index is 2.68. The van der Waals surface area contributed by atoms with Gasteiger partial charge in [-0.15, -0.1) is 0 Å². The van der Waals surface area contributed by atoms with Crippen LogP contribution < -0.4 is 10.1 Å². The molecule has 0 aliphatic carbocycles. The number of nitrogens with one attached hydrogen (secondary N) is 1. The lowest BCUT2D eigenvalue weighted by molar-refractivity contribution is 0.0501. The van der Waals surface area contributed by atoms with Gasteiger partial charge in [0.05, 0.1) is 7.11 Å². The van der Waals surface area contributed by atoms with Crippen molar-refractivity contribution in [2.24, 2.45) is 0 Å². The van der Waals surface area contributed by atoms with E-state index in [0.29, 0.717) is 0 Å². The minimum Gasteiger partial charge on any atom is -0.497 e. The number of carbonyl (C=O) groups excluding carboxylic acids is 1. The van der Waals surface area contributed by atoms with Gasteiger partial charge in [0.1, 0.15) is 11.4 Å². The maximum Gasteiger partial charge on any atom is 0.407 e. The van der Waals surface area contributed by atoms with Crippen molar-refractivity contribution in [1.82, 2.24) is 5.32 Å². The molecule has 1 atom stereocenters. The normalized spacial score (nSPS) is 12.6. The zero-order valence-electron chi connectivity index (χ0n) is 14.4. The van der Waals surface area contributed by atoms with E-state index >= 15 is 0 Å². The Morgan fingerprint density at radius 2 is 2.05 bits per heavy atom. The van der Waals surface area contributed by atoms with Gasteiger partial charge < -0.3 is 14.8 Å². The van der Waals surface area contributed by atoms with E-state index in [0.717, 1.165) is 37.0 Å². The second kappa shape index (κ2) is 8.66. The van der Waals surface area contributed by atoms with Gasteiger partial charge in [0.25, 0.3) is 0 Å². The standard InChI is InChI=1S/C18H29NO3/c1-6-7-10-15(19-17(20)22-18(2,3)4)12-14-9-8-11-16(13-14)21-5/h8-9,11,13,15H,6-7,10,12H2,1-5H3,(H,19,20)/t15-/m0/s1. The number of ether oxygens (including phenoxy) is 2. The van der Waals surface area contributed by atoms with Crippen LogP contribution in [0, 0.1) is 0 Å². The van der Waals surface area contributed by atoms with Crippen LogP contribution in [-0.4, -0.2) is 24.8 Å². The third-order valence-corrected chi connectivity index (χ3v) is 3.24. The third kappa shape index (κ3) is 7.34. The van der Waals surface area contributed by atoms with E-state index < -0.39 is 5.60 Å². The molecule has 4 nitrogen and oxygen atoms in total. The molecule has 0 bridgehead atoms. The summed E-state index contributed by atoms with van der Waals surface area (Å²) in [5.41, 5.74) is 0.673. The number of carbonyl (C=O) groups is 1. The van der Waals surface area contributed by atoms with Crippen molar-refractivity contribution < 1.29 is 14.3 Å². The van der Waals surface area contributed by atoms with Crippen LogP contribution in [0.4, 0.5) is 4.79 Å². The van der Waals surface area contributed by atoms with Gasteiger partial charge in [0, 0.05) is 6.04 Å². The van der Waals surface area contributed by atoms with E-state index in [1.807, 2.05) is 39.0 Å². The molecule has 124 valence electrons. The van der Waals surface area contributed by atoms with Gasteiger partial charge in [-0.25, -0.2) is 4.79 Å². The number of hydrogen-bond acceptors (Lipinski definition) is 3. The maximum atomic E-state index is 12.0. The fourth-order valence-electron chi connectivity index (χ4n) is 2.23. The van der Waals surface area contributed by atoms with E-state index in [4.69, 9.17) is 9.47 Å². The Labute approximate surface area is 134 Å². The maximum absolute atomic E-state index is 12.0. The van der Waals surface area contributed by atoms with E-state index in [9.17, 15) is 4.79 Å². The first kappa shape index (κ1) is 18.3. The first-order chi connectivity index (χ1) is 10.3. The minimum absolute atomic E-state index is 0.0712. The molecule has 0 radical (unpaired) electrons. The summed E-state index contributed by atoms with van der Waals surface area (Å²) in [7, 11) is 1.66. The highest BCUT2D eigenvalue weighted by molar-refractivity contribution is 5.68. The molecular weight excluding hydrogens is 278 g/mol. The smallest absolute Gasteiger partial charge is 0.407 e. The zero-order chi connectivity index (χ0) is 16.6. The van der Waals surface area contributed by atoms with Crippen LogP contribution in [0.1, 0.15) is 52.5 Å². The van der Waals surface area contributed by atoms with Crippen LogP contribution >= 0.6 is 0 Å². The molecule has 4 heteroatoms. The number of benzene rings is 1. The number of methoxy groups -OCH3 is 1. The van der Waals surface area contributed by atoms with Crippen molar-refractivity contribution in [3.05, 3.63) is 29.8 Å². The van der Waals surface area contributed by atoms with Gasteiger partial charge in [0.2, 0.25) is 0 Å². The molecule has 0 fully saturated rings. The van der Waals surface area contributed by atoms with Gasteiger partial charge in [-0.05, 0) is 51.3 Å². The summed E-state index contributed by atoms with van der Waals surface area (Å²) in [6.07, 6.45) is 3.54. The van der Waals surface area contributed by atoms with E-state index in [2.05, 4.69) is 18.3 Å². The lowest BCUT2D eigenvalue weighted by Crippen LogP contribution is -2.40. The monoisotopic (exact) mass is 307 g/mol. The molecule has 0 saturated carbocycles. The number of amides is 1. The highest BCUT2D eigenvalue weighted by Crippen LogP contribution is 2.16. The van der Waals surface area contributed by atoms with Crippen LogP contribution in [0.2, 0.25) is 0 Å². The first-order valence-corrected chi connectivity index (χ1v) is 7.96. The Bertz CT molecular complexity index is 466. The Kier molecular flexibility index (Phi) is 7.22. The average Bonchev–Trinajstić information content (AvgIpc) is 2.43. The van der Waals surface area contributed by atoms with E-state index in [1.54, 1.807) is 7.11 Å². The van der Waals surface area contributed by atoms with E-state index in [-0.39, 0.29) is 12.1 Å². The predicted molar refractivity (Wildman–Crippen MR) is 89.4 cm³/mol. The highest BCUT2D eigenvalue weighted by Gasteiger charge is 2.19. The first-order valence-electron chi connectivity index (χ1n) is 7.96. The summed E-state index contributed by atoms with van der Waals surface area (Å²) in [5, 5.41) is 2.99. The van der Waals surface area contributed by atoms with Crippen molar-refractivity contribution in [2.75, 3.05) is 7.11 Å². The van der Waals surface area contributed by atoms with Gasteiger partial charge in [-0.2, -0.15) is 0 Å². The quantitative estimate of drug-likeness (QED) is 0.816. The van der Waals surface area contributed by atoms with Gasteiger partial charge >= 0.3 is 6.09 Å². The van der Waals surface area contributed by atoms with Crippen LogP contribution in [0.15, 0.2) is 24.3 Å². The summed E-state index contributed by atoms with van der Waals surface area (Å²) < 4.78 is 10.6. The Morgan fingerprint density at radius 1 is 1.32 bits per heavy atom. The molecule has 1 aromatic carbocycles. The van der Waals surface area contributed by atoms with Gasteiger partial charge in [0.15, 0.2) is 0 Å². The van der Waals surface area contributed by atoms with Crippen molar-refractivity contribution in [1.29, 1.82) is 0 Å². The molecule has 1 aromatic rings. The van der Waals surface area contributed by atoms with Crippen LogP contribution in [0.3, 0.4) is 0 Å². The largest absolute Gasteiger partial charge is 0.497 e. The number of rotatable bonds is 7. The van der Waals surface area contributed by atoms with Crippen molar-refractivity contribution in [3.63, 3.8) is 0 Å². The Morgan fingerprint density at radius 3 is 2.64 bits per heavy atom. The number of alkyl carbamates (subject to hydrolysis) is 1. The molecule has 0 aromatic heterocycles. The Hall–Kier alpha value is -1.71. The highest BCUT2D eigenvalue weighted by atomic mass is 16.6. The molecule has 1 amide bonds. The molecule has 0 aliphatic rings. The summed E-state index contributed by atoms with van der Waals surface area (Å²) >= 11 is 0. The molecule has 1 N–H and O–H groups in total. The second-order valence-electron chi connectivity index (χ2n) is 6.54. The third-order valence-electron chi connectivity index (χ3n) is 3.24. The van der Waals surface area contributed by atoms with Crippen LogP contribution in [-0.2, 0) is 11.2 Å². The molecule has 22 heavy (non-hydrogen) atoms. The zero-order valence-corrected chi connectivity index (χ0v) is 14.4. The summed E-state index contributed by atoms with van der Waals surface area (Å²) in [5.74, 6) is 0.837. The molecule has 0 aliphatic heterocycles. The van der Waals surface area contributed by atoms with Crippen molar-refractivity contribution >= 4 is 6.09 Å². The van der Waals surface area contributed by atoms with Gasteiger partial charge in [-0.3, -0.25) is 0 Å². The lowest BCUT2D eigenvalue weighted by Gasteiger charge is -2.24. The van der Waals surface area contributed by atoms with Gasteiger partial charge in [-0.1, -0.05) is 31.9 Å². The number of unbranched alkanes of at least 4 members (excludes halogenated alkanes) is 1. The molecule has 0 spiro atoms. The summed E-state index contributed by atoms with van der Waals surface area (Å²) in [6.45, 7) is 7.76. The topological polar surface area (TPSA) is 47.6 Å².